The van der Waals surface area contributed by atoms with Crippen molar-refractivity contribution in [1.29, 1.82) is 0 Å². The van der Waals surface area contributed by atoms with Gasteiger partial charge in [-0.1, -0.05) is 19.1 Å². The normalized spacial score (nSPS) is 10.6. The number of amides is 1. The fourth-order valence-electron chi connectivity index (χ4n) is 2.75. The second-order valence-electron chi connectivity index (χ2n) is 5.53. The van der Waals surface area contributed by atoms with E-state index in [0.29, 0.717) is 22.9 Å². The summed E-state index contributed by atoms with van der Waals surface area (Å²) in [4.78, 5) is 29.3. The third-order valence-electron chi connectivity index (χ3n) is 4.02. The van der Waals surface area contributed by atoms with Crippen LogP contribution in [0.5, 0.6) is 5.88 Å². The summed E-state index contributed by atoms with van der Waals surface area (Å²) in [5.41, 5.74) is 2.78. The van der Waals surface area contributed by atoms with E-state index in [0.717, 1.165) is 11.3 Å². The summed E-state index contributed by atoms with van der Waals surface area (Å²) in [5, 5.41) is 7.31. The molecule has 0 fully saturated rings. The number of carbonyl (C=O) groups is 2. The van der Waals surface area contributed by atoms with Crippen molar-refractivity contribution < 1.29 is 19.1 Å². The third kappa shape index (κ3) is 3.25. The molecular weight excluding hydrogens is 352 g/mol. The average molecular weight is 370 g/mol. The maximum absolute atomic E-state index is 12.9. The zero-order valence-corrected chi connectivity index (χ0v) is 15.5. The number of fused-ring (bicyclic) bond motifs is 1. The first-order valence-corrected chi connectivity index (χ1v) is 8.95. The molecule has 2 heterocycles. The summed E-state index contributed by atoms with van der Waals surface area (Å²) in [5.74, 6) is -0.659. The van der Waals surface area contributed by atoms with E-state index in [1.165, 1.54) is 25.6 Å². The molecule has 0 aliphatic rings. The van der Waals surface area contributed by atoms with Gasteiger partial charge in [0.25, 0.3) is 5.91 Å². The highest BCUT2D eigenvalue weighted by molar-refractivity contribution is 7.08. The molecular formula is C19H18N2O4S. The molecule has 3 aromatic rings. The highest BCUT2D eigenvalue weighted by Crippen LogP contribution is 2.28. The van der Waals surface area contributed by atoms with Crippen molar-refractivity contribution in [3.8, 4) is 5.88 Å². The van der Waals surface area contributed by atoms with Gasteiger partial charge in [0.05, 0.1) is 31.0 Å². The van der Waals surface area contributed by atoms with Crippen molar-refractivity contribution in [3.63, 3.8) is 0 Å². The molecule has 6 nitrogen and oxygen atoms in total. The van der Waals surface area contributed by atoms with Gasteiger partial charge in [-0.25, -0.2) is 9.78 Å². The smallest absolute Gasteiger partial charge is 0.343 e. The number of thiophene rings is 1. The van der Waals surface area contributed by atoms with Gasteiger partial charge in [0.1, 0.15) is 5.56 Å². The van der Waals surface area contributed by atoms with Crippen LogP contribution in [0.2, 0.25) is 0 Å². The highest BCUT2D eigenvalue weighted by atomic mass is 32.1. The number of esters is 1. The van der Waals surface area contributed by atoms with Crippen LogP contribution in [-0.2, 0) is 11.2 Å². The average Bonchev–Trinajstić information content (AvgIpc) is 3.17. The Morgan fingerprint density at radius 3 is 2.65 bits per heavy atom. The molecule has 0 spiro atoms. The Morgan fingerprint density at radius 1 is 1.23 bits per heavy atom. The molecule has 1 N–H and O–H groups in total. The Labute approximate surface area is 154 Å². The van der Waals surface area contributed by atoms with E-state index in [4.69, 9.17) is 9.47 Å². The van der Waals surface area contributed by atoms with Gasteiger partial charge >= 0.3 is 5.97 Å². The highest BCUT2D eigenvalue weighted by Gasteiger charge is 2.21. The zero-order valence-electron chi connectivity index (χ0n) is 14.7. The van der Waals surface area contributed by atoms with Crippen LogP contribution in [-0.4, -0.2) is 31.1 Å². The Kier molecular flexibility index (Phi) is 5.18. The number of anilines is 1. The number of nitrogens with one attached hydrogen (secondary N) is 1. The number of aryl methyl sites for hydroxylation is 1. The summed E-state index contributed by atoms with van der Waals surface area (Å²) < 4.78 is 10.0. The number of aromatic nitrogens is 1. The van der Waals surface area contributed by atoms with E-state index in [-0.39, 0.29) is 17.4 Å². The molecule has 26 heavy (non-hydrogen) atoms. The minimum Gasteiger partial charge on any atom is -0.480 e. The molecule has 1 aromatic carbocycles. The van der Waals surface area contributed by atoms with Crippen LogP contribution in [0.25, 0.3) is 10.9 Å². The molecule has 0 aliphatic heterocycles. The zero-order chi connectivity index (χ0) is 18.7. The van der Waals surface area contributed by atoms with Crippen molar-refractivity contribution in [2.75, 3.05) is 19.5 Å². The van der Waals surface area contributed by atoms with Gasteiger partial charge in [-0.05, 0) is 29.5 Å². The summed E-state index contributed by atoms with van der Waals surface area (Å²) in [7, 11) is 2.72. The van der Waals surface area contributed by atoms with Gasteiger partial charge in [0.15, 0.2) is 0 Å². The number of pyridine rings is 1. The first-order valence-electron chi connectivity index (χ1n) is 8.01. The lowest BCUT2D eigenvalue weighted by molar-refractivity contribution is 0.0596. The van der Waals surface area contributed by atoms with Crippen molar-refractivity contribution in [3.05, 3.63) is 51.7 Å². The van der Waals surface area contributed by atoms with Crippen molar-refractivity contribution >= 4 is 39.8 Å². The number of carbonyl (C=O) groups excluding carboxylic acids is 2. The molecule has 7 heteroatoms. The SMILES string of the molecule is CCc1ccc2cc(C(=O)OC)c(OC)nc2c1C(=O)Nc1ccsc1. The quantitative estimate of drug-likeness (QED) is 0.689. The van der Waals surface area contributed by atoms with Gasteiger partial charge in [-0.2, -0.15) is 11.3 Å². The van der Waals surface area contributed by atoms with Crippen LogP contribution in [0.3, 0.4) is 0 Å². The summed E-state index contributed by atoms with van der Waals surface area (Å²) >= 11 is 1.50. The summed E-state index contributed by atoms with van der Waals surface area (Å²) in [6.45, 7) is 1.97. The van der Waals surface area contributed by atoms with Crippen LogP contribution >= 0.6 is 11.3 Å². The van der Waals surface area contributed by atoms with Crippen LogP contribution in [0.15, 0.2) is 35.0 Å². The van der Waals surface area contributed by atoms with Crippen LogP contribution in [0, 0.1) is 0 Å². The van der Waals surface area contributed by atoms with Crippen LogP contribution in [0.1, 0.15) is 33.2 Å². The standard InChI is InChI=1S/C19H18N2O4S/c1-4-11-5-6-12-9-14(19(23)25-3)18(24-2)21-16(12)15(11)17(22)20-13-7-8-26-10-13/h5-10H,4H2,1-3H3,(H,20,22). The first-order chi connectivity index (χ1) is 12.6. The number of hydrogen-bond acceptors (Lipinski definition) is 6. The number of rotatable bonds is 5. The maximum Gasteiger partial charge on any atom is 0.343 e. The maximum atomic E-state index is 12.9. The van der Waals surface area contributed by atoms with Gasteiger partial charge in [-0.15, -0.1) is 0 Å². The Hall–Kier alpha value is -2.93. The Morgan fingerprint density at radius 2 is 2.04 bits per heavy atom. The van der Waals surface area contributed by atoms with Gasteiger partial charge in [0, 0.05) is 10.8 Å². The molecule has 0 saturated heterocycles. The van der Waals surface area contributed by atoms with E-state index in [1.807, 2.05) is 35.9 Å². The largest absolute Gasteiger partial charge is 0.480 e. The van der Waals surface area contributed by atoms with Gasteiger partial charge in [-0.3, -0.25) is 4.79 Å². The van der Waals surface area contributed by atoms with Crippen molar-refractivity contribution in [2.24, 2.45) is 0 Å². The minimum atomic E-state index is -0.542. The molecule has 2 aromatic heterocycles. The monoisotopic (exact) mass is 370 g/mol. The lowest BCUT2D eigenvalue weighted by atomic mass is 9.99. The molecule has 0 bridgehead atoms. The number of hydrogen-bond donors (Lipinski definition) is 1. The van der Waals surface area contributed by atoms with E-state index < -0.39 is 5.97 Å². The fourth-order valence-corrected chi connectivity index (χ4v) is 3.34. The van der Waals surface area contributed by atoms with E-state index in [2.05, 4.69) is 10.3 Å². The van der Waals surface area contributed by atoms with E-state index in [9.17, 15) is 9.59 Å². The molecule has 3 rings (SSSR count). The lowest BCUT2D eigenvalue weighted by Gasteiger charge is -2.13. The molecule has 0 aliphatic carbocycles. The predicted octanol–water partition coefficient (Wildman–Crippen LogP) is 3.91. The number of benzene rings is 1. The van der Waals surface area contributed by atoms with Crippen LogP contribution < -0.4 is 10.1 Å². The molecule has 1 amide bonds. The molecule has 134 valence electrons. The van der Waals surface area contributed by atoms with Gasteiger partial charge in [0.2, 0.25) is 5.88 Å². The summed E-state index contributed by atoms with van der Waals surface area (Å²) in [6, 6.07) is 7.19. The van der Waals surface area contributed by atoms with Crippen LogP contribution in [0.4, 0.5) is 5.69 Å². The molecule has 0 saturated carbocycles. The molecule has 0 unspecified atom stereocenters. The Bertz CT molecular complexity index is 967. The first kappa shape index (κ1) is 17.9. The Balaban J connectivity index is 2.19. The second-order valence-corrected chi connectivity index (χ2v) is 6.31. The minimum absolute atomic E-state index is 0.127. The molecule has 0 atom stereocenters. The number of methoxy groups -OCH3 is 2. The van der Waals surface area contributed by atoms with Crippen molar-refractivity contribution in [1.82, 2.24) is 4.98 Å². The summed E-state index contributed by atoms with van der Waals surface area (Å²) in [6.07, 6.45) is 0.672. The predicted molar refractivity (Wildman–Crippen MR) is 101 cm³/mol. The lowest BCUT2D eigenvalue weighted by Crippen LogP contribution is -2.15. The number of nitrogens with zero attached hydrogens (tertiary/aromatic N) is 1. The van der Waals surface area contributed by atoms with E-state index >= 15 is 0 Å². The molecule has 0 radical (unpaired) electrons. The van der Waals surface area contributed by atoms with Crippen molar-refractivity contribution in [2.45, 2.75) is 13.3 Å². The fraction of sp³-hybridized carbons (Fsp3) is 0.211. The van der Waals surface area contributed by atoms with E-state index in [1.54, 1.807) is 6.07 Å². The second kappa shape index (κ2) is 7.53. The third-order valence-corrected chi connectivity index (χ3v) is 4.71. The van der Waals surface area contributed by atoms with Gasteiger partial charge < -0.3 is 14.8 Å². The number of ether oxygens (including phenoxy) is 2. The topological polar surface area (TPSA) is 77.5 Å².